The number of hydrogen-bond donors (Lipinski definition) is 1. The number of benzene rings is 1. The Morgan fingerprint density at radius 3 is 2.53 bits per heavy atom. The van der Waals surface area contributed by atoms with Gasteiger partial charge in [-0.05, 0) is 19.9 Å². The minimum absolute atomic E-state index is 0. The number of esters is 1. The van der Waals surface area contributed by atoms with Crippen molar-refractivity contribution in [2.45, 2.75) is 13.8 Å². The first-order chi connectivity index (χ1) is 7.60. The average Bonchev–Trinajstić information content (AvgIpc) is 2.23. The topological polar surface area (TPSA) is 61.5 Å². The Morgan fingerprint density at radius 1 is 1.35 bits per heavy atom. The van der Waals surface area contributed by atoms with Crippen LogP contribution in [-0.4, -0.2) is 19.2 Å². The van der Waals surface area contributed by atoms with Gasteiger partial charge in [-0.15, -0.1) is 12.4 Å². The SMILES string of the molecule is CCOC(=O)c1cc(Cl)c(N)cc1OCC.Cl. The molecule has 17 heavy (non-hydrogen) atoms. The molecule has 0 aliphatic heterocycles. The molecule has 0 saturated heterocycles. The number of carbonyl (C=O) groups excluding carboxylic acids is 1. The lowest BCUT2D eigenvalue weighted by molar-refractivity contribution is 0.0522. The highest BCUT2D eigenvalue weighted by Gasteiger charge is 2.16. The van der Waals surface area contributed by atoms with Crippen molar-refractivity contribution in [3.05, 3.63) is 22.7 Å². The Balaban J connectivity index is 0.00000256. The molecule has 0 heterocycles. The van der Waals surface area contributed by atoms with Crippen molar-refractivity contribution >= 4 is 35.7 Å². The zero-order valence-electron chi connectivity index (χ0n) is 9.66. The van der Waals surface area contributed by atoms with E-state index in [1.807, 2.05) is 6.92 Å². The summed E-state index contributed by atoms with van der Waals surface area (Å²) in [7, 11) is 0. The Bertz CT molecular complexity index is 397. The Kier molecular flexibility index (Phi) is 6.76. The van der Waals surface area contributed by atoms with Crippen molar-refractivity contribution in [2.75, 3.05) is 18.9 Å². The largest absolute Gasteiger partial charge is 0.493 e. The maximum absolute atomic E-state index is 11.6. The first-order valence-electron chi connectivity index (χ1n) is 4.99. The molecule has 0 amide bonds. The van der Waals surface area contributed by atoms with Crippen LogP contribution in [-0.2, 0) is 4.74 Å². The smallest absolute Gasteiger partial charge is 0.341 e. The van der Waals surface area contributed by atoms with Crippen molar-refractivity contribution in [3.63, 3.8) is 0 Å². The van der Waals surface area contributed by atoms with Gasteiger partial charge in [0.15, 0.2) is 0 Å². The van der Waals surface area contributed by atoms with E-state index in [1.54, 1.807) is 6.92 Å². The number of halogens is 2. The molecular weight excluding hydrogens is 265 g/mol. The molecule has 2 N–H and O–H groups in total. The lowest BCUT2D eigenvalue weighted by atomic mass is 10.2. The second-order valence-corrected chi connectivity index (χ2v) is 3.43. The molecule has 1 rings (SSSR count). The highest BCUT2D eigenvalue weighted by Crippen LogP contribution is 2.29. The van der Waals surface area contributed by atoms with E-state index in [0.29, 0.717) is 35.2 Å². The maximum Gasteiger partial charge on any atom is 0.341 e. The van der Waals surface area contributed by atoms with E-state index in [-0.39, 0.29) is 12.4 Å². The van der Waals surface area contributed by atoms with Crippen LogP contribution < -0.4 is 10.5 Å². The number of nitrogen functional groups attached to an aromatic ring is 1. The number of hydrogen-bond acceptors (Lipinski definition) is 4. The zero-order chi connectivity index (χ0) is 12.1. The van der Waals surface area contributed by atoms with Crippen molar-refractivity contribution in [2.24, 2.45) is 0 Å². The quantitative estimate of drug-likeness (QED) is 0.680. The van der Waals surface area contributed by atoms with Gasteiger partial charge in [0.25, 0.3) is 0 Å². The third-order valence-electron chi connectivity index (χ3n) is 1.89. The van der Waals surface area contributed by atoms with E-state index in [1.165, 1.54) is 12.1 Å². The summed E-state index contributed by atoms with van der Waals surface area (Å²) in [5.74, 6) is -0.0734. The molecule has 0 aliphatic rings. The van der Waals surface area contributed by atoms with Crippen molar-refractivity contribution in [3.8, 4) is 5.75 Å². The Labute approximate surface area is 111 Å². The zero-order valence-corrected chi connectivity index (χ0v) is 11.2. The van der Waals surface area contributed by atoms with E-state index in [2.05, 4.69) is 0 Å². The molecule has 1 aromatic rings. The van der Waals surface area contributed by atoms with Gasteiger partial charge in [-0.3, -0.25) is 0 Å². The number of anilines is 1. The summed E-state index contributed by atoms with van der Waals surface area (Å²) in [5.41, 5.74) is 6.30. The van der Waals surface area contributed by atoms with Gasteiger partial charge < -0.3 is 15.2 Å². The molecule has 0 fully saturated rings. The lowest BCUT2D eigenvalue weighted by Gasteiger charge is -2.11. The standard InChI is InChI=1S/C11H14ClNO3.ClH/c1-3-15-10-6-9(13)8(12)5-7(10)11(14)16-4-2;/h5-6H,3-4,13H2,1-2H3;1H. The van der Waals surface area contributed by atoms with Crippen LogP contribution in [0.5, 0.6) is 5.75 Å². The van der Waals surface area contributed by atoms with Gasteiger partial charge in [0.05, 0.1) is 23.9 Å². The third-order valence-corrected chi connectivity index (χ3v) is 2.22. The van der Waals surface area contributed by atoms with Gasteiger partial charge in [-0.25, -0.2) is 4.79 Å². The highest BCUT2D eigenvalue weighted by atomic mass is 35.5. The minimum Gasteiger partial charge on any atom is -0.493 e. The van der Waals surface area contributed by atoms with Crippen molar-refractivity contribution in [1.82, 2.24) is 0 Å². The van der Waals surface area contributed by atoms with Gasteiger partial charge in [0.1, 0.15) is 11.3 Å². The van der Waals surface area contributed by atoms with Crippen molar-refractivity contribution in [1.29, 1.82) is 0 Å². The molecule has 4 nitrogen and oxygen atoms in total. The molecule has 0 saturated carbocycles. The van der Waals surface area contributed by atoms with Gasteiger partial charge in [-0.1, -0.05) is 11.6 Å². The third kappa shape index (κ3) is 3.98. The monoisotopic (exact) mass is 279 g/mol. The molecule has 1 aromatic carbocycles. The normalized spacial score (nSPS) is 9.35. The Morgan fingerprint density at radius 2 is 2.00 bits per heavy atom. The molecular formula is C11H15Cl2NO3. The van der Waals surface area contributed by atoms with Crippen LogP contribution >= 0.6 is 24.0 Å². The minimum atomic E-state index is -0.465. The number of rotatable bonds is 4. The molecule has 0 atom stereocenters. The van der Waals surface area contributed by atoms with Crippen LogP contribution in [0.3, 0.4) is 0 Å². The van der Waals surface area contributed by atoms with Crippen LogP contribution in [0, 0.1) is 0 Å². The summed E-state index contributed by atoms with van der Waals surface area (Å²) < 4.78 is 10.2. The summed E-state index contributed by atoms with van der Waals surface area (Å²) in [4.78, 5) is 11.6. The molecule has 0 aliphatic carbocycles. The van der Waals surface area contributed by atoms with Gasteiger partial charge in [-0.2, -0.15) is 0 Å². The summed E-state index contributed by atoms with van der Waals surface area (Å²) in [6.07, 6.45) is 0. The van der Waals surface area contributed by atoms with E-state index < -0.39 is 5.97 Å². The van der Waals surface area contributed by atoms with Gasteiger partial charge >= 0.3 is 5.97 Å². The van der Waals surface area contributed by atoms with Crippen LogP contribution in [0.1, 0.15) is 24.2 Å². The number of ether oxygens (including phenoxy) is 2. The van der Waals surface area contributed by atoms with E-state index in [4.69, 9.17) is 26.8 Å². The first-order valence-corrected chi connectivity index (χ1v) is 5.36. The average molecular weight is 280 g/mol. The fourth-order valence-electron chi connectivity index (χ4n) is 1.21. The fourth-order valence-corrected chi connectivity index (χ4v) is 1.38. The summed E-state index contributed by atoms with van der Waals surface area (Å²) in [6, 6.07) is 2.98. The van der Waals surface area contributed by atoms with Crippen molar-refractivity contribution < 1.29 is 14.3 Å². The predicted octanol–water partition coefficient (Wildman–Crippen LogP) is 2.92. The van der Waals surface area contributed by atoms with Gasteiger partial charge in [0, 0.05) is 6.07 Å². The lowest BCUT2D eigenvalue weighted by Crippen LogP contribution is -2.08. The highest BCUT2D eigenvalue weighted by molar-refractivity contribution is 6.33. The molecule has 0 spiro atoms. The summed E-state index contributed by atoms with van der Waals surface area (Å²) >= 11 is 5.84. The van der Waals surface area contributed by atoms with Gasteiger partial charge in [0.2, 0.25) is 0 Å². The molecule has 0 bridgehead atoms. The summed E-state index contributed by atoms with van der Waals surface area (Å²) in [6.45, 7) is 4.29. The molecule has 96 valence electrons. The Hall–Kier alpha value is -1.13. The molecule has 0 aromatic heterocycles. The van der Waals surface area contributed by atoms with E-state index in [9.17, 15) is 4.79 Å². The number of carbonyl (C=O) groups is 1. The first kappa shape index (κ1) is 15.9. The second kappa shape index (κ2) is 7.25. The molecule has 6 heteroatoms. The van der Waals surface area contributed by atoms with Crippen LogP contribution in [0.4, 0.5) is 5.69 Å². The fraction of sp³-hybridized carbons (Fsp3) is 0.364. The molecule has 0 unspecified atom stereocenters. The van der Waals surface area contributed by atoms with Crippen LogP contribution in [0.2, 0.25) is 5.02 Å². The summed E-state index contributed by atoms with van der Waals surface area (Å²) in [5, 5.41) is 0.312. The van der Waals surface area contributed by atoms with Crippen LogP contribution in [0.25, 0.3) is 0 Å². The number of nitrogens with two attached hydrogens (primary N) is 1. The van der Waals surface area contributed by atoms with Crippen LogP contribution in [0.15, 0.2) is 12.1 Å². The maximum atomic E-state index is 11.6. The molecule has 0 radical (unpaired) electrons. The van der Waals surface area contributed by atoms with E-state index in [0.717, 1.165) is 0 Å². The predicted molar refractivity (Wildman–Crippen MR) is 70.2 cm³/mol. The second-order valence-electron chi connectivity index (χ2n) is 3.02. The van der Waals surface area contributed by atoms with E-state index >= 15 is 0 Å².